The van der Waals surface area contributed by atoms with E-state index >= 15 is 0 Å². The number of aromatic hydroxyl groups is 1. The lowest BCUT2D eigenvalue weighted by Crippen LogP contribution is -2.37. The predicted octanol–water partition coefficient (Wildman–Crippen LogP) is 2.98. The van der Waals surface area contributed by atoms with Crippen LogP contribution in [-0.4, -0.2) is 36.0 Å². The number of alkyl halides is 1. The smallest absolute Gasteiger partial charge is 0.214 e. The van der Waals surface area contributed by atoms with Crippen LogP contribution in [0.1, 0.15) is 32.4 Å². The van der Waals surface area contributed by atoms with E-state index in [1.807, 2.05) is 26.8 Å². The Morgan fingerprint density at radius 1 is 1.35 bits per heavy atom. The van der Waals surface area contributed by atoms with Gasteiger partial charge in [-0.2, -0.15) is 4.31 Å². The zero-order chi connectivity index (χ0) is 15.3. The highest BCUT2D eigenvalue weighted by Crippen LogP contribution is 2.26. The van der Waals surface area contributed by atoms with Crippen molar-refractivity contribution in [3.05, 3.63) is 29.8 Å². The van der Waals surface area contributed by atoms with Gasteiger partial charge in [0.25, 0.3) is 0 Å². The first-order chi connectivity index (χ1) is 9.31. The average Bonchev–Trinajstić information content (AvgIpc) is 2.38. The fourth-order valence-corrected chi connectivity index (χ4v) is 4.43. The second-order valence-electron chi connectivity index (χ2n) is 5.01. The van der Waals surface area contributed by atoms with E-state index in [1.165, 1.54) is 4.31 Å². The molecule has 0 aromatic heterocycles. The number of halogens is 1. The third-order valence-corrected chi connectivity index (χ3v) is 6.02. The molecule has 0 saturated carbocycles. The minimum atomic E-state index is -3.38. The summed E-state index contributed by atoms with van der Waals surface area (Å²) in [5.41, 5.74) is 0.772. The summed E-state index contributed by atoms with van der Waals surface area (Å²) in [6.07, 6.45) is 0. The van der Waals surface area contributed by atoms with Crippen LogP contribution in [0.15, 0.2) is 24.3 Å². The molecule has 0 amide bonds. The zero-order valence-corrected chi connectivity index (χ0v) is 13.7. The average molecular weight is 320 g/mol. The third-order valence-electron chi connectivity index (χ3n) is 3.21. The quantitative estimate of drug-likeness (QED) is 0.786. The first kappa shape index (κ1) is 17.3. The molecule has 0 aliphatic heterocycles. The van der Waals surface area contributed by atoms with Crippen molar-refractivity contribution in [3.63, 3.8) is 0 Å². The fraction of sp³-hybridized carbons (Fsp3) is 0.571. The van der Waals surface area contributed by atoms with E-state index < -0.39 is 10.0 Å². The lowest BCUT2D eigenvalue weighted by atomic mass is 10.1. The molecule has 0 bridgehead atoms. The summed E-state index contributed by atoms with van der Waals surface area (Å²) in [6, 6.07) is 6.36. The minimum Gasteiger partial charge on any atom is -0.508 e. The molecule has 1 aromatic rings. The van der Waals surface area contributed by atoms with Crippen LogP contribution < -0.4 is 0 Å². The fourth-order valence-electron chi connectivity index (χ4n) is 2.16. The van der Waals surface area contributed by atoms with E-state index in [9.17, 15) is 13.5 Å². The monoisotopic (exact) mass is 319 g/mol. The van der Waals surface area contributed by atoms with Crippen LogP contribution in [0.5, 0.6) is 5.75 Å². The molecule has 1 N–H and O–H groups in total. The molecule has 0 radical (unpaired) electrons. The van der Waals surface area contributed by atoms with Crippen LogP contribution in [0.2, 0.25) is 0 Å². The van der Waals surface area contributed by atoms with Crippen LogP contribution in [0.4, 0.5) is 0 Å². The van der Waals surface area contributed by atoms with Gasteiger partial charge in [-0.25, -0.2) is 8.42 Å². The molecule has 4 nitrogen and oxygen atoms in total. The van der Waals surface area contributed by atoms with Crippen LogP contribution in [-0.2, 0) is 10.0 Å². The molecule has 0 fully saturated rings. The van der Waals surface area contributed by atoms with Gasteiger partial charge in [-0.3, -0.25) is 0 Å². The van der Waals surface area contributed by atoms with Gasteiger partial charge in [0.1, 0.15) is 5.75 Å². The summed E-state index contributed by atoms with van der Waals surface area (Å²) < 4.78 is 26.3. The summed E-state index contributed by atoms with van der Waals surface area (Å²) in [5, 5.41) is 9.52. The Hall–Kier alpha value is -0.780. The van der Waals surface area contributed by atoms with Crippen molar-refractivity contribution >= 4 is 21.6 Å². The molecule has 1 rings (SSSR count). The summed E-state index contributed by atoms with van der Waals surface area (Å²) in [7, 11) is -3.38. The Bertz CT molecular complexity index is 533. The van der Waals surface area contributed by atoms with Crippen molar-refractivity contribution in [1.82, 2.24) is 4.31 Å². The normalized spacial score (nSPS) is 15.2. The number of phenolic OH excluding ortho intramolecular Hbond substituents is 1. The van der Waals surface area contributed by atoms with Crippen LogP contribution in [0.25, 0.3) is 0 Å². The maximum atomic E-state index is 12.4. The molecule has 6 heteroatoms. The minimum absolute atomic E-state index is 0.0352. The van der Waals surface area contributed by atoms with E-state index in [0.29, 0.717) is 12.4 Å². The van der Waals surface area contributed by atoms with Crippen molar-refractivity contribution in [3.8, 4) is 5.75 Å². The van der Waals surface area contributed by atoms with Crippen molar-refractivity contribution in [2.45, 2.75) is 26.8 Å². The first-order valence-electron chi connectivity index (χ1n) is 6.66. The van der Waals surface area contributed by atoms with Crippen LogP contribution in [0.3, 0.4) is 0 Å². The Kier molecular flexibility index (Phi) is 6.30. The van der Waals surface area contributed by atoms with Gasteiger partial charge in [-0.05, 0) is 30.5 Å². The molecule has 1 aromatic carbocycles. The second-order valence-corrected chi connectivity index (χ2v) is 7.29. The SMILES string of the molecule is CCN(C(C)c1cccc(O)c1)S(=O)(=O)CC(C)CCl. The highest BCUT2D eigenvalue weighted by Gasteiger charge is 2.28. The van der Waals surface area contributed by atoms with E-state index in [1.54, 1.807) is 18.2 Å². The second kappa shape index (κ2) is 7.29. The number of nitrogens with zero attached hydrogens (tertiary/aromatic N) is 1. The van der Waals surface area contributed by atoms with Gasteiger partial charge in [-0.1, -0.05) is 26.0 Å². The van der Waals surface area contributed by atoms with Crippen LogP contribution >= 0.6 is 11.6 Å². The Morgan fingerprint density at radius 3 is 2.50 bits per heavy atom. The van der Waals surface area contributed by atoms with Gasteiger partial charge >= 0.3 is 0 Å². The molecular formula is C14H22ClNO3S. The summed E-state index contributed by atoms with van der Waals surface area (Å²) in [6.45, 7) is 5.83. The van der Waals surface area contributed by atoms with Crippen molar-refractivity contribution < 1.29 is 13.5 Å². The molecule has 2 unspecified atom stereocenters. The van der Waals surface area contributed by atoms with Gasteiger partial charge in [0, 0.05) is 18.5 Å². The van der Waals surface area contributed by atoms with Gasteiger partial charge in [0.15, 0.2) is 0 Å². The van der Waals surface area contributed by atoms with E-state index in [4.69, 9.17) is 11.6 Å². The zero-order valence-electron chi connectivity index (χ0n) is 12.1. The topological polar surface area (TPSA) is 57.6 Å². The summed E-state index contributed by atoms with van der Waals surface area (Å²) in [4.78, 5) is 0. The molecule has 0 saturated heterocycles. The Morgan fingerprint density at radius 2 is 2.00 bits per heavy atom. The number of rotatable bonds is 7. The Balaban J connectivity index is 3.00. The van der Waals surface area contributed by atoms with Gasteiger partial charge in [0.2, 0.25) is 10.0 Å². The molecule has 0 aliphatic rings. The van der Waals surface area contributed by atoms with Gasteiger partial charge in [-0.15, -0.1) is 11.6 Å². The van der Waals surface area contributed by atoms with Crippen molar-refractivity contribution in [2.75, 3.05) is 18.2 Å². The number of benzene rings is 1. The molecule has 0 spiro atoms. The third kappa shape index (κ3) is 4.36. The lowest BCUT2D eigenvalue weighted by molar-refractivity contribution is 0.353. The number of sulfonamides is 1. The van der Waals surface area contributed by atoms with Crippen LogP contribution in [0, 0.1) is 5.92 Å². The van der Waals surface area contributed by atoms with Gasteiger partial charge < -0.3 is 5.11 Å². The Labute approximate surface area is 126 Å². The lowest BCUT2D eigenvalue weighted by Gasteiger charge is -2.28. The van der Waals surface area contributed by atoms with E-state index in [2.05, 4.69) is 0 Å². The molecule has 0 aliphatic carbocycles. The first-order valence-corrected chi connectivity index (χ1v) is 8.80. The van der Waals surface area contributed by atoms with Crippen molar-refractivity contribution in [1.29, 1.82) is 0 Å². The molecule has 114 valence electrons. The largest absolute Gasteiger partial charge is 0.508 e. The highest BCUT2D eigenvalue weighted by molar-refractivity contribution is 7.89. The highest BCUT2D eigenvalue weighted by atomic mass is 35.5. The standard InChI is InChI=1S/C14H22ClNO3S/c1-4-16(20(18,19)10-11(2)9-15)12(3)13-6-5-7-14(17)8-13/h5-8,11-12,17H,4,9-10H2,1-3H3. The molecule has 0 heterocycles. The van der Waals surface area contributed by atoms with E-state index in [0.717, 1.165) is 5.56 Å². The maximum absolute atomic E-state index is 12.4. The number of hydrogen-bond donors (Lipinski definition) is 1. The van der Waals surface area contributed by atoms with E-state index in [-0.39, 0.29) is 23.5 Å². The summed E-state index contributed by atoms with van der Waals surface area (Å²) >= 11 is 5.71. The maximum Gasteiger partial charge on any atom is 0.214 e. The summed E-state index contributed by atoms with van der Waals surface area (Å²) in [5.74, 6) is 0.397. The molecule has 20 heavy (non-hydrogen) atoms. The van der Waals surface area contributed by atoms with Crippen molar-refractivity contribution in [2.24, 2.45) is 5.92 Å². The number of phenols is 1. The van der Waals surface area contributed by atoms with Gasteiger partial charge in [0.05, 0.1) is 5.75 Å². The predicted molar refractivity (Wildman–Crippen MR) is 82.6 cm³/mol. The number of hydrogen-bond acceptors (Lipinski definition) is 3. The molecule has 2 atom stereocenters. The molecular weight excluding hydrogens is 298 g/mol.